The Bertz CT molecular complexity index is 153. The summed E-state index contributed by atoms with van der Waals surface area (Å²) in [5, 5.41) is 0. The van der Waals surface area contributed by atoms with Crippen molar-refractivity contribution in [1.29, 1.82) is 0 Å². The molecule has 1 atom stereocenters. The first-order valence-corrected chi connectivity index (χ1v) is 3.72. The smallest absolute Gasteiger partial charge is 0.246 e. The monoisotopic (exact) mass is 139 g/mol. The summed E-state index contributed by atoms with van der Waals surface area (Å²) in [6, 6.07) is 0.524. The molecule has 10 heavy (non-hydrogen) atoms. The van der Waals surface area contributed by atoms with Crippen LogP contribution in [0, 0.1) is 0 Å². The van der Waals surface area contributed by atoms with Gasteiger partial charge in [-0.15, -0.1) is 0 Å². The van der Waals surface area contributed by atoms with Crippen LogP contribution in [-0.2, 0) is 4.79 Å². The maximum Gasteiger partial charge on any atom is 0.246 e. The van der Waals surface area contributed by atoms with E-state index in [1.54, 1.807) is 0 Å². The molecule has 0 saturated carbocycles. The number of carbonyl (C=O) groups excluding carboxylic acids is 1. The van der Waals surface area contributed by atoms with E-state index in [9.17, 15) is 4.79 Å². The fourth-order valence-electron chi connectivity index (χ4n) is 1.15. The van der Waals surface area contributed by atoms with Gasteiger partial charge in [-0.3, -0.25) is 4.79 Å². The van der Waals surface area contributed by atoms with Gasteiger partial charge in [-0.1, -0.05) is 19.9 Å². The Morgan fingerprint density at radius 1 is 1.90 bits per heavy atom. The Hall–Kier alpha value is -0.790. The van der Waals surface area contributed by atoms with E-state index in [1.165, 1.54) is 6.08 Å². The zero-order chi connectivity index (χ0) is 7.56. The van der Waals surface area contributed by atoms with Crippen LogP contribution in [0.5, 0.6) is 0 Å². The van der Waals surface area contributed by atoms with E-state index < -0.39 is 0 Å². The van der Waals surface area contributed by atoms with Crippen molar-refractivity contribution in [2.75, 3.05) is 6.54 Å². The third-order valence-corrected chi connectivity index (χ3v) is 1.79. The molecule has 1 fully saturated rings. The van der Waals surface area contributed by atoms with Gasteiger partial charge in [0.05, 0.1) is 0 Å². The zero-order valence-electron chi connectivity index (χ0n) is 6.34. The van der Waals surface area contributed by atoms with Gasteiger partial charge in [0.2, 0.25) is 5.91 Å². The Morgan fingerprint density at radius 2 is 2.60 bits per heavy atom. The van der Waals surface area contributed by atoms with Crippen molar-refractivity contribution < 1.29 is 4.79 Å². The predicted molar refractivity (Wildman–Crippen MR) is 40.6 cm³/mol. The van der Waals surface area contributed by atoms with Crippen LogP contribution in [0.1, 0.15) is 19.8 Å². The lowest BCUT2D eigenvalue weighted by Gasteiger charge is -1.96. The highest BCUT2D eigenvalue weighted by molar-refractivity contribution is 5.89. The third-order valence-electron chi connectivity index (χ3n) is 1.79. The second-order valence-corrected chi connectivity index (χ2v) is 2.64. The molecular weight excluding hydrogens is 126 g/mol. The molecule has 1 unspecified atom stereocenters. The minimum atomic E-state index is 0.0819. The highest BCUT2D eigenvalue weighted by Gasteiger charge is 2.35. The summed E-state index contributed by atoms with van der Waals surface area (Å²) in [7, 11) is 0. The second-order valence-electron chi connectivity index (χ2n) is 2.64. The largest absolute Gasteiger partial charge is 0.332 e. The Labute approximate surface area is 61.5 Å². The number of nitrogens with zero attached hydrogens (tertiary/aromatic N) is 1. The first-order valence-electron chi connectivity index (χ1n) is 3.72. The minimum Gasteiger partial charge on any atom is -0.332 e. The van der Waals surface area contributed by atoms with Crippen molar-refractivity contribution in [3.63, 3.8) is 0 Å². The van der Waals surface area contributed by atoms with Crippen molar-refractivity contribution in [3.8, 4) is 0 Å². The lowest BCUT2D eigenvalue weighted by molar-refractivity contribution is -0.121. The summed E-state index contributed by atoms with van der Waals surface area (Å²) < 4.78 is 0. The number of amides is 1. The van der Waals surface area contributed by atoms with Gasteiger partial charge in [0, 0.05) is 12.6 Å². The van der Waals surface area contributed by atoms with E-state index in [0.29, 0.717) is 6.04 Å². The molecular formula is C8H13NO. The van der Waals surface area contributed by atoms with Crippen molar-refractivity contribution >= 4 is 5.91 Å². The predicted octanol–water partition coefficient (Wildman–Crippen LogP) is 1.18. The van der Waals surface area contributed by atoms with Crippen LogP contribution < -0.4 is 0 Å². The van der Waals surface area contributed by atoms with Crippen LogP contribution in [-0.4, -0.2) is 23.4 Å². The summed E-state index contributed by atoms with van der Waals surface area (Å²) in [6.45, 7) is 6.50. The van der Waals surface area contributed by atoms with E-state index in [0.717, 1.165) is 19.4 Å². The van der Waals surface area contributed by atoms with Gasteiger partial charge in [0.15, 0.2) is 0 Å². The Morgan fingerprint density at radius 3 is 3.10 bits per heavy atom. The van der Waals surface area contributed by atoms with Crippen molar-refractivity contribution in [2.45, 2.75) is 25.8 Å². The molecule has 1 aliphatic heterocycles. The first-order chi connectivity index (χ1) is 4.79. The van der Waals surface area contributed by atoms with Crippen LogP contribution >= 0.6 is 0 Å². The zero-order valence-corrected chi connectivity index (χ0v) is 6.34. The number of rotatable bonds is 3. The van der Waals surface area contributed by atoms with Gasteiger partial charge in [-0.05, 0) is 12.5 Å². The van der Waals surface area contributed by atoms with Crippen LogP contribution in [0.25, 0.3) is 0 Å². The van der Waals surface area contributed by atoms with Crippen LogP contribution in [0.15, 0.2) is 12.7 Å². The average molecular weight is 139 g/mol. The lowest BCUT2D eigenvalue weighted by atomic mass is 10.3. The molecule has 0 aliphatic carbocycles. The molecule has 1 amide bonds. The highest BCUT2D eigenvalue weighted by atomic mass is 16.2. The van der Waals surface area contributed by atoms with Crippen molar-refractivity contribution in [3.05, 3.63) is 12.7 Å². The first kappa shape index (κ1) is 7.32. The van der Waals surface area contributed by atoms with Gasteiger partial charge in [-0.25, -0.2) is 0 Å². The van der Waals surface area contributed by atoms with E-state index in [4.69, 9.17) is 0 Å². The molecule has 2 nitrogen and oxygen atoms in total. The Balaban J connectivity index is 2.24. The molecule has 2 heteroatoms. The minimum absolute atomic E-state index is 0.0819. The second kappa shape index (κ2) is 2.86. The number of hydrogen-bond acceptors (Lipinski definition) is 1. The lowest BCUT2D eigenvalue weighted by Crippen LogP contribution is -2.09. The maximum absolute atomic E-state index is 10.9. The molecule has 1 aliphatic rings. The molecule has 1 saturated heterocycles. The molecule has 1 heterocycles. The number of carbonyl (C=O) groups is 1. The van der Waals surface area contributed by atoms with Gasteiger partial charge in [0.1, 0.15) is 0 Å². The number of hydrogen-bond donors (Lipinski definition) is 0. The SMILES string of the molecule is C=CC(=O)N1CC1CCC. The van der Waals surface area contributed by atoms with Gasteiger partial charge in [-0.2, -0.15) is 0 Å². The molecule has 0 aromatic heterocycles. The average Bonchev–Trinajstić information content (AvgIpc) is 2.67. The van der Waals surface area contributed by atoms with Gasteiger partial charge < -0.3 is 4.90 Å². The third kappa shape index (κ3) is 1.38. The summed E-state index contributed by atoms with van der Waals surface area (Å²) in [6.07, 6.45) is 3.68. The Kier molecular flexibility index (Phi) is 2.10. The molecule has 0 aromatic carbocycles. The molecule has 1 rings (SSSR count). The molecule has 56 valence electrons. The van der Waals surface area contributed by atoms with Crippen LogP contribution in [0.2, 0.25) is 0 Å². The fourth-order valence-corrected chi connectivity index (χ4v) is 1.15. The maximum atomic E-state index is 10.9. The highest BCUT2D eigenvalue weighted by Crippen LogP contribution is 2.21. The van der Waals surface area contributed by atoms with Gasteiger partial charge >= 0.3 is 0 Å². The van der Waals surface area contributed by atoms with Crippen molar-refractivity contribution in [1.82, 2.24) is 4.90 Å². The molecule has 0 N–H and O–H groups in total. The quantitative estimate of drug-likeness (QED) is 0.424. The summed E-state index contributed by atoms with van der Waals surface area (Å²) in [5.74, 6) is 0.0819. The summed E-state index contributed by atoms with van der Waals surface area (Å²) in [5.41, 5.74) is 0. The van der Waals surface area contributed by atoms with E-state index in [1.807, 2.05) is 4.90 Å². The summed E-state index contributed by atoms with van der Waals surface area (Å²) in [4.78, 5) is 12.7. The molecule has 0 spiro atoms. The molecule has 0 bridgehead atoms. The standard InChI is InChI=1S/C8H13NO/c1-3-5-7-6-9(7)8(10)4-2/h4,7H,2-3,5-6H2,1H3. The van der Waals surface area contributed by atoms with E-state index in [2.05, 4.69) is 13.5 Å². The van der Waals surface area contributed by atoms with Crippen LogP contribution in [0.4, 0.5) is 0 Å². The molecule has 0 radical (unpaired) electrons. The normalized spacial score (nSPS) is 22.5. The fraction of sp³-hybridized carbons (Fsp3) is 0.625. The topological polar surface area (TPSA) is 20.1 Å². The van der Waals surface area contributed by atoms with E-state index >= 15 is 0 Å². The van der Waals surface area contributed by atoms with Crippen LogP contribution in [0.3, 0.4) is 0 Å². The van der Waals surface area contributed by atoms with Gasteiger partial charge in [0.25, 0.3) is 0 Å². The summed E-state index contributed by atoms with van der Waals surface area (Å²) >= 11 is 0. The molecule has 0 aromatic rings. The van der Waals surface area contributed by atoms with Crippen molar-refractivity contribution in [2.24, 2.45) is 0 Å². The van der Waals surface area contributed by atoms with E-state index in [-0.39, 0.29) is 5.91 Å².